The van der Waals surface area contributed by atoms with E-state index in [0.717, 1.165) is 33.3 Å². The van der Waals surface area contributed by atoms with Crippen LogP contribution in [0.5, 0.6) is 0 Å². The third-order valence-electron chi connectivity index (χ3n) is 11.7. The fraction of sp³-hybridized carbons (Fsp3) is 0. The van der Waals surface area contributed by atoms with Crippen LogP contribution in [0.2, 0.25) is 0 Å². The quantitative estimate of drug-likeness (QED) is 0.173. The Labute approximate surface area is 328 Å². The van der Waals surface area contributed by atoms with Gasteiger partial charge in [-0.25, -0.2) is 0 Å². The van der Waals surface area contributed by atoms with E-state index in [9.17, 15) is 0 Å². The average Bonchev–Trinajstić information content (AvgIpc) is 3.94. The van der Waals surface area contributed by atoms with E-state index in [0.29, 0.717) is 0 Å². The number of nitrogens with zero attached hydrogens (tertiary/aromatic N) is 2. The van der Waals surface area contributed by atoms with Crippen molar-refractivity contribution in [2.75, 3.05) is 0 Å². The molecule has 0 radical (unpaired) electrons. The smallest absolute Gasteiger partial charge is 0.135 e. The summed E-state index contributed by atoms with van der Waals surface area (Å²) in [6.07, 6.45) is 0. The van der Waals surface area contributed by atoms with Gasteiger partial charge in [-0.1, -0.05) is 146 Å². The van der Waals surface area contributed by atoms with E-state index in [1.54, 1.807) is 0 Å². The summed E-state index contributed by atoms with van der Waals surface area (Å²) in [6.45, 7) is 0. The molecule has 9 aromatic carbocycles. The number of hydrogen-bond donors (Lipinski definition) is 0. The Morgan fingerprint density at radius 2 is 0.807 bits per heavy atom. The minimum absolute atomic E-state index is 0.917. The lowest BCUT2D eigenvalue weighted by Crippen LogP contribution is -1.96. The summed E-state index contributed by atoms with van der Waals surface area (Å²) in [5, 5.41) is 7.29. The molecule has 0 spiro atoms. The van der Waals surface area contributed by atoms with E-state index in [-0.39, 0.29) is 0 Å². The minimum Gasteiger partial charge on any atom is -0.456 e. The van der Waals surface area contributed by atoms with Crippen LogP contribution in [0.4, 0.5) is 0 Å². The first-order valence-electron chi connectivity index (χ1n) is 19.5. The Kier molecular flexibility index (Phi) is 6.93. The van der Waals surface area contributed by atoms with Crippen LogP contribution in [-0.4, -0.2) is 9.13 Å². The highest BCUT2D eigenvalue weighted by atomic mass is 16.3. The zero-order chi connectivity index (χ0) is 37.5. The van der Waals surface area contributed by atoms with Gasteiger partial charge in [-0.15, -0.1) is 0 Å². The predicted molar refractivity (Wildman–Crippen MR) is 239 cm³/mol. The van der Waals surface area contributed by atoms with Crippen LogP contribution in [-0.2, 0) is 0 Å². The zero-order valence-corrected chi connectivity index (χ0v) is 30.9. The summed E-state index contributed by atoms with van der Waals surface area (Å²) >= 11 is 0. The summed E-state index contributed by atoms with van der Waals surface area (Å²) in [5.74, 6) is 0. The van der Waals surface area contributed by atoms with Crippen LogP contribution < -0.4 is 0 Å². The van der Waals surface area contributed by atoms with E-state index >= 15 is 0 Å². The van der Waals surface area contributed by atoms with Crippen LogP contribution in [0.15, 0.2) is 211 Å². The molecule has 3 heterocycles. The minimum atomic E-state index is 0.917. The van der Waals surface area contributed by atoms with Crippen molar-refractivity contribution in [2.24, 2.45) is 0 Å². The van der Waals surface area contributed by atoms with Crippen LogP contribution in [0, 0.1) is 0 Å². The maximum absolute atomic E-state index is 6.08. The Bertz CT molecular complexity index is 3490. The van der Waals surface area contributed by atoms with E-state index in [1.807, 2.05) is 12.1 Å². The molecule has 0 N–H and O–H groups in total. The van der Waals surface area contributed by atoms with Gasteiger partial charge >= 0.3 is 0 Å². The average molecular weight is 727 g/mol. The van der Waals surface area contributed by atoms with Gasteiger partial charge in [0.05, 0.1) is 22.1 Å². The third kappa shape index (κ3) is 4.92. The highest BCUT2D eigenvalue weighted by Crippen LogP contribution is 2.41. The van der Waals surface area contributed by atoms with Crippen molar-refractivity contribution in [3.63, 3.8) is 0 Å². The Morgan fingerprint density at radius 1 is 0.281 bits per heavy atom. The third-order valence-corrected chi connectivity index (χ3v) is 11.7. The predicted octanol–water partition coefficient (Wildman–Crippen LogP) is 14.8. The number of para-hydroxylation sites is 5. The highest BCUT2D eigenvalue weighted by molar-refractivity contribution is 6.15. The Balaban J connectivity index is 0.959. The van der Waals surface area contributed by atoms with Crippen LogP contribution >= 0.6 is 0 Å². The number of benzene rings is 9. The summed E-state index contributed by atoms with van der Waals surface area (Å²) in [7, 11) is 0. The number of fused-ring (bicyclic) bond motifs is 9. The van der Waals surface area contributed by atoms with E-state index in [4.69, 9.17) is 4.42 Å². The van der Waals surface area contributed by atoms with Crippen molar-refractivity contribution >= 4 is 65.6 Å². The zero-order valence-electron chi connectivity index (χ0n) is 30.9. The molecule has 0 aliphatic rings. The maximum Gasteiger partial charge on any atom is 0.135 e. The van der Waals surface area contributed by atoms with Crippen molar-refractivity contribution in [3.8, 4) is 44.8 Å². The number of hydrogen-bond acceptors (Lipinski definition) is 1. The molecule has 266 valence electrons. The molecule has 0 saturated heterocycles. The van der Waals surface area contributed by atoms with Gasteiger partial charge in [0.2, 0.25) is 0 Å². The fourth-order valence-corrected chi connectivity index (χ4v) is 9.08. The molecule has 3 aromatic heterocycles. The molecule has 0 aliphatic heterocycles. The second-order valence-corrected chi connectivity index (χ2v) is 14.9. The molecule has 0 amide bonds. The Hall–Kier alpha value is -7.62. The lowest BCUT2D eigenvalue weighted by Gasteiger charge is -2.13. The number of aromatic nitrogens is 2. The molecule has 3 nitrogen and oxygen atoms in total. The van der Waals surface area contributed by atoms with Crippen LogP contribution in [0.1, 0.15) is 0 Å². The highest BCUT2D eigenvalue weighted by Gasteiger charge is 2.19. The molecule has 0 unspecified atom stereocenters. The van der Waals surface area contributed by atoms with E-state index < -0.39 is 0 Å². The molecular formula is C54H34N2O. The first kappa shape index (κ1) is 31.7. The van der Waals surface area contributed by atoms with Crippen molar-refractivity contribution in [1.82, 2.24) is 9.13 Å². The first-order valence-corrected chi connectivity index (χ1v) is 19.5. The molecule has 0 atom stereocenters. The monoisotopic (exact) mass is 726 g/mol. The topological polar surface area (TPSA) is 23.0 Å². The van der Waals surface area contributed by atoms with Crippen molar-refractivity contribution in [2.45, 2.75) is 0 Å². The summed E-state index contributed by atoms with van der Waals surface area (Å²) in [4.78, 5) is 0. The second kappa shape index (κ2) is 12.5. The molecular weight excluding hydrogens is 693 g/mol. The van der Waals surface area contributed by atoms with Crippen molar-refractivity contribution in [3.05, 3.63) is 206 Å². The standard InChI is InChI=1S/C54H34N2O/c1-2-11-40(12-3-1)55-49-18-7-4-13-43(49)45-31-27-39(34-51(45)55)42-16-10-17-47-44-14-5-8-19-50(44)56(54(42)47)41-29-25-36(26-30-41)35-21-23-37(24-22-35)38-28-32-53-48(33-38)46-15-6-9-20-52(46)57-53/h1-34H. The van der Waals surface area contributed by atoms with Gasteiger partial charge in [0.25, 0.3) is 0 Å². The van der Waals surface area contributed by atoms with Crippen molar-refractivity contribution < 1.29 is 4.42 Å². The molecule has 12 aromatic rings. The summed E-state index contributed by atoms with van der Waals surface area (Å²) in [5.41, 5.74) is 16.1. The SMILES string of the molecule is c1ccc(-n2c3ccccc3c3ccc(-c4cccc5c6ccccc6n(-c6ccc(-c7ccc(-c8ccc9oc%10ccccc%10c9c8)cc7)cc6)c45)cc32)cc1. The lowest BCUT2D eigenvalue weighted by atomic mass is 9.99. The van der Waals surface area contributed by atoms with Gasteiger partial charge in [0, 0.05) is 49.3 Å². The second-order valence-electron chi connectivity index (χ2n) is 14.9. The molecule has 3 heteroatoms. The number of rotatable bonds is 5. The number of furan rings is 1. The fourth-order valence-electron chi connectivity index (χ4n) is 9.08. The van der Waals surface area contributed by atoms with Gasteiger partial charge in [-0.2, -0.15) is 0 Å². The molecule has 0 saturated carbocycles. The molecule has 0 aliphatic carbocycles. The van der Waals surface area contributed by atoms with Gasteiger partial charge in [0.15, 0.2) is 0 Å². The normalized spacial score (nSPS) is 11.9. The van der Waals surface area contributed by atoms with E-state index in [2.05, 4.69) is 203 Å². The molecule has 0 fully saturated rings. The first-order chi connectivity index (χ1) is 28.3. The van der Waals surface area contributed by atoms with Gasteiger partial charge in [0.1, 0.15) is 11.2 Å². The molecule has 57 heavy (non-hydrogen) atoms. The van der Waals surface area contributed by atoms with Gasteiger partial charge in [-0.05, 0) is 88.5 Å². The Morgan fingerprint density at radius 3 is 1.58 bits per heavy atom. The van der Waals surface area contributed by atoms with Gasteiger partial charge < -0.3 is 13.6 Å². The molecule has 12 rings (SSSR count). The maximum atomic E-state index is 6.08. The van der Waals surface area contributed by atoms with Crippen molar-refractivity contribution in [1.29, 1.82) is 0 Å². The summed E-state index contributed by atoms with van der Waals surface area (Å²) in [6, 6.07) is 74.6. The summed E-state index contributed by atoms with van der Waals surface area (Å²) < 4.78 is 10.9. The van der Waals surface area contributed by atoms with Gasteiger partial charge in [-0.3, -0.25) is 0 Å². The van der Waals surface area contributed by atoms with Crippen LogP contribution in [0.3, 0.4) is 0 Å². The largest absolute Gasteiger partial charge is 0.456 e. The van der Waals surface area contributed by atoms with Crippen LogP contribution in [0.25, 0.3) is 110 Å². The lowest BCUT2D eigenvalue weighted by molar-refractivity contribution is 0.669. The van der Waals surface area contributed by atoms with E-state index in [1.165, 1.54) is 77.0 Å². The molecule has 0 bridgehead atoms.